The van der Waals surface area contributed by atoms with Crippen molar-refractivity contribution in [2.45, 2.75) is 31.3 Å². The van der Waals surface area contributed by atoms with Crippen molar-refractivity contribution in [2.24, 2.45) is 4.99 Å². The molecule has 3 aromatic carbocycles. The molecule has 1 atom stereocenters. The van der Waals surface area contributed by atoms with E-state index in [1.807, 2.05) is 54.6 Å². The number of carbonyl (C=O) groups excluding carboxylic acids is 1. The van der Waals surface area contributed by atoms with Gasteiger partial charge in [0.15, 0.2) is 0 Å². The topological polar surface area (TPSA) is 96.6 Å². The Morgan fingerprint density at radius 3 is 2.50 bits per heavy atom. The SMILES string of the molecule is O=C1Nc2ccc([N+](=O)[O-])cc2C1C(=Nc1ccc(CNC2CC2)cc1)c1ccccc1. The molecule has 1 amide bonds. The van der Waals surface area contributed by atoms with E-state index in [-0.39, 0.29) is 11.6 Å². The van der Waals surface area contributed by atoms with Gasteiger partial charge in [0.05, 0.1) is 16.3 Å². The molecule has 0 spiro atoms. The molecule has 1 heterocycles. The number of nitro groups is 1. The fourth-order valence-electron chi connectivity index (χ4n) is 3.92. The van der Waals surface area contributed by atoms with Gasteiger partial charge < -0.3 is 10.6 Å². The van der Waals surface area contributed by atoms with Gasteiger partial charge in [0.2, 0.25) is 5.91 Å². The van der Waals surface area contributed by atoms with Crippen LogP contribution < -0.4 is 10.6 Å². The van der Waals surface area contributed by atoms with Crippen LogP contribution >= 0.6 is 0 Å². The Kier molecular flexibility index (Phi) is 5.25. The van der Waals surface area contributed by atoms with E-state index in [0.29, 0.717) is 23.0 Å². The Morgan fingerprint density at radius 1 is 1.06 bits per heavy atom. The van der Waals surface area contributed by atoms with Gasteiger partial charge in [-0.3, -0.25) is 19.9 Å². The number of hydrogen-bond acceptors (Lipinski definition) is 5. The van der Waals surface area contributed by atoms with Gasteiger partial charge in [-0.25, -0.2) is 0 Å². The Bertz CT molecular complexity index is 1200. The zero-order valence-electron chi connectivity index (χ0n) is 17.3. The summed E-state index contributed by atoms with van der Waals surface area (Å²) in [6.07, 6.45) is 2.48. The molecule has 7 nitrogen and oxygen atoms in total. The molecule has 0 aromatic heterocycles. The van der Waals surface area contributed by atoms with Crippen LogP contribution in [0.5, 0.6) is 0 Å². The molecule has 1 fully saturated rings. The fourth-order valence-corrected chi connectivity index (χ4v) is 3.92. The van der Waals surface area contributed by atoms with Crippen molar-refractivity contribution in [3.8, 4) is 0 Å². The number of anilines is 1. The second kappa shape index (κ2) is 8.36. The predicted molar refractivity (Wildman–Crippen MR) is 123 cm³/mol. The van der Waals surface area contributed by atoms with Gasteiger partial charge in [0.25, 0.3) is 5.69 Å². The minimum Gasteiger partial charge on any atom is -0.325 e. The highest BCUT2D eigenvalue weighted by Crippen LogP contribution is 2.38. The second-order valence-corrected chi connectivity index (χ2v) is 8.14. The monoisotopic (exact) mass is 426 g/mol. The average molecular weight is 426 g/mol. The number of nitrogens with zero attached hydrogens (tertiary/aromatic N) is 2. The minimum atomic E-state index is -0.733. The third kappa shape index (κ3) is 4.15. The summed E-state index contributed by atoms with van der Waals surface area (Å²) < 4.78 is 0. The van der Waals surface area contributed by atoms with Gasteiger partial charge in [-0.2, -0.15) is 0 Å². The van der Waals surface area contributed by atoms with Gasteiger partial charge in [-0.05, 0) is 42.2 Å². The van der Waals surface area contributed by atoms with Crippen molar-refractivity contribution in [3.63, 3.8) is 0 Å². The lowest BCUT2D eigenvalue weighted by atomic mass is 9.90. The molecule has 0 radical (unpaired) electrons. The second-order valence-electron chi connectivity index (χ2n) is 8.14. The molecular weight excluding hydrogens is 404 g/mol. The van der Waals surface area contributed by atoms with Crippen LogP contribution in [0, 0.1) is 10.1 Å². The van der Waals surface area contributed by atoms with Crippen LogP contribution in [-0.2, 0) is 11.3 Å². The fraction of sp³-hybridized carbons (Fsp3) is 0.200. The Morgan fingerprint density at radius 2 is 1.81 bits per heavy atom. The summed E-state index contributed by atoms with van der Waals surface area (Å²) in [5.74, 6) is -0.975. The molecule has 32 heavy (non-hydrogen) atoms. The molecule has 1 aliphatic heterocycles. The van der Waals surface area contributed by atoms with E-state index in [4.69, 9.17) is 4.99 Å². The Hall–Kier alpha value is -3.84. The van der Waals surface area contributed by atoms with Gasteiger partial charge in [-0.1, -0.05) is 42.5 Å². The van der Waals surface area contributed by atoms with E-state index in [1.54, 1.807) is 6.07 Å². The molecule has 160 valence electrons. The summed E-state index contributed by atoms with van der Waals surface area (Å²) in [6.45, 7) is 0.822. The number of aliphatic imine (C=N–C) groups is 1. The number of nitrogens with one attached hydrogen (secondary N) is 2. The van der Waals surface area contributed by atoms with Crippen LogP contribution in [0.25, 0.3) is 0 Å². The van der Waals surface area contributed by atoms with Crippen LogP contribution in [0.15, 0.2) is 77.8 Å². The highest BCUT2D eigenvalue weighted by molar-refractivity contribution is 6.24. The molecule has 5 rings (SSSR count). The number of rotatable bonds is 7. The van der Waals surface area contributed by atoms with E-state index in [0.717, 1.165) is 17.8 Å². The van der Waals surface area contributed by atoms with Crippen LogP contribution in [-0.4, -0.2) is 22.6 Å². The lowest BCUT2D eigenvalue weighted by Gasteiger charge is -2.14. The number of non-ortho nitro benzene ring substituents is 1. The maximum Gasteiger partial charge on any atom is 0.269 e. The molecule has 0 bridgehead atoms. The minimum absolute atomic E-state index is 0.0508. The summed E-state index contributed by atoms with van der Waals surface area (Å²) in [6, 6.07) is 22.5. The summed E-state index contributed by atoms with van der Waals surface area (Å²) in [5.41, 5.74) is 4.36. The molecule has 1 saturated carbocycles. The van der Waals surface area contributed by atoms with Crippen molar-refractivity contribution in [1.82, 2.24) is 5.32 Å². The molecule has 3 aromatic rings. The zero-order chi connectivity index (χ0) is 22.1. The zero-order valence-corrected chi connectivity index (χ0v) is 17.3. The molecule has 0 saturated heterocycles. The number of nitro benzene ring substituents is 1. The summed E-state index contributed by atoms with van der Waals surface area (Å²) in [5, 5.41) is 17.6. The quantitative estimate of drug-likeness (QED) is 0.325. The summed E-state index contributed by atoms with van der Waals surface area (Å²) in [7, 11) is 0. The molecule has 1 aliphatic carbocycles. The van der Waals surface area contributed by atoms with Crippen molar-refractivity contribution >= 4 is 28.7 Å². The number of carbonyl (C=O) groups is 1. The predicted octanol–water partition coefficient (Wildman–Crippen LogP) is 4.70. The van der Waals surface area contributed by atoms with Crippen molar-refractivity contribution < 1.29 is 9.72 Å². The Labute approximate surface area is 185 Å². The first kappa shape index (κ1) is 20.1. The first-order valence-electron chi connectivity index (χ1n) is 10.6. The average Bonchev–Trinajstić information content (AvgIpc) is 3.58. The molecule has 2 aliphatic rings. The van der Waals surface area contributed by atoms with Crippen LogP contribution in [0.4, 0.5) is 17.1 Å². The van der Waals surface area contributed by atoms with E-state index in [1.165, 1.54) is 30.5 Å². The molecule has 2 N–H and O–H groups in total. The van der Waals surface area contributed by atoms with E-state index in [9.17, 15) is 14.9 Å². The van der Waals surface area contributed by atoms with Crippen LogP contribution in [0.2, 0.25) is 0 Å². The van der Waals surface area contributed by atoms with E-state index in [2.05, 4.69) is 10.6 Å². The van der Waals surface area contributed by atoms with Gasteiger partial charge >= 0.3 is 0 Å². The first-order chi connectivity index (χ1) is 15.6. The smallest absolute Gasteiger partial charge is 0.269 e. The van der Waals surface area contributed by atoms with Crippen molar-refractivity contribution in [3.05, 3.63) is 99.6 Å². The number of hydrogen-bond donors (Lipinski definition) is 2. The highest BCUT2D eigenvalue weighted by atomic mass is 16.6. The Balaban J connectivity index is 1.53. The van der Waals surface area contributed by atoms with Crippen molar-refractivity contribution in [1.29, 1.82) is 0 Å². The largest absolute Gasteiger partial charge is 0.325 e. The first-order valence-corrected chi connectivity index (χ1v) is 10.6. The standard InChI is InChI=1S/C25H22N4O3/c30-25-23(21-14-20(29(31)32)12-13-22(21)28-25)24(17-4-2-1-3-5-17)27-19-8-6-16(7-9-19)15-26-18-10-11-18/h1-9,12-14,18,23,26H,10-11,15H2,(H,28,30). The maximum absolute atomic E-state index is 13.0. The number of fused-ring (bicyclic) bond motifs is 1. The van der Waals surface area contributed by atoms with Crippen molar-refractivity contribution in [2.75, 3.05) is 5.32 Å². The van der Waals surface area contributed by atoms with E-state index >= 15 is 0 Å². The molecule has 1 unspecified atom stereocenters. The normalized spacial score (nSPS) is 17.7. The molecular formula is C25H22N4O3. The van der Waals surface area contributed by atoms with Gasteiger partial charge in [0.1, 0.15) is 5.92 Å². The summed E-state index contributed by atoms with van der Waals surface area (Å²) >= 11 is 0. The van der Waals surface area contributed by atoms with Gasteiger partial charge in [0, 0.05) is 36.0 Å². The van der Waals surface area contributed by atoms with E-state index < -0.39 is 10.8 Å². The molecule has 7 heteroatoms. The highest BCUT2D eigenvalue weighted by Gasteiger charge is 2.36. The third-order valence-corrected chi connectivity index (χ3v) is 5.78. The maximum atomic E-state index is 13.0. The third-order valence-electron chi connectivity index (χ3n) is 5.78. The lowest BCUT2D eigenvalue weighted by Crippen LogP contribution is -2.22. The number of benzene rings is 3. The van der Waals surface area contributed by atoms with Crippen LogP contribution in [0.3, 0.4) is 0 Å². The van der Waals surface area contributed by atoms with Gasteiger partial charge in [-0.15, -0.1) is 0 Å². The summed E-state index contributed by atoms with van der Waals surface area (Å²) in [4.78, 5) is 28.7. The number of amides is 1. The lowest BCUT2D eigenvalue weighted by molar-refractivity contribution is -0.384. The van der Waals surface area contributed by atoms with Crippen LogP contribution in [0.1, 0.15) is 35.4 Å².